The second-order valence-electron chi connectivity index (χ2n) is 6.13. The molecule has 0 spiro atoms. The number of carbonyl (C=O) groups excluding carboxylic acids is 2. The highest BCUT2D eigenvalue weighted by molar-refractivity contribution is 6.00. The number of nitrogens with zero attached hydrogens (tertiary/aromatic N) is 2. The lowest BCUT2D eigenvalue weighted by atomic mass is 10.1. The van der Waals surface area contributed by atoms with E-state index in [-0.39, 0.29) is 24.2 Å². The molecule has 1 unspecified atom stereocenters. The zero-order valence-corrected chi connectivity index (χ0v) is 15.4. The van der Waals surface area contributed by atoms with Gasteiger partial charge < -0.3 is 24.6 Å². The number of ether oxygens (including phenoxy) is 2. The predicted octanol–water partition coefficient (Wildman–Crippen LogP) is 1.12. The number of anilines is 1. The van der Waals surface area contributed by atoms with Crippen LogP contribution < -0.4 is 19.7 Å². The number of hydrogen-bond acceptors (Lipinski definition) is 5. The largest absolute Gasteiger partial charge is 0.493 e. The third-order valence-corrected chi connectivity index (χ3v) is 4.51. The van der Waals surface area contributed by atoms with Gasteiger partial charge in [-0.25, -0.2) is 0 Å². The molecule has 1 aliphatic rings. The molecule has 7 nitrogen and oxygen atoms in total. The van der Waals surface area contributed by atoms with Gasteiger partial charge in [-0.05, 0) is 25.7 Å². The van der Waals surface area contributed by atoms with Crippen molar-refractivity contribution in [2.45, 2.75) is 13.3 Å². The molecular weight excluding hydrogens is 322 g/mol. The highest BCUT2D eigenvalue weighted by Crippen LogP contribution is 2.34. The summed E-state index contributed by atoms with van der Waals surface area (Å²) < 4.78 is 10.5. The molecule has 1 saturated heterocycles. The van der Waals surface area contributed by atoms with E-state index in [9.17, 15) is 9.59 Å². The Morgan fingerprint density at radius 3 is 2.68 bits per heavy atom. The first-order valence-corrected chi connectivity index (χ1v) is 8.48. The average Bonchev–Trinajstić information content (AvgIpc) is 3.02. The molecule has 0 aromatic heterocycles. The van der Waals surface area contributed by atoms with Gasteiger partial charge >= 0.3 is 0 Å². The molecule has 25 heavy (non-hydrogen) atoms. The Labute approximate surface area is 148 Å². The van der Waals surface area contributed by atoms with E-state index in [2.05, 4.69) is 17.1 Å². The number of hydrogen-bond donors (Lipinski definition) is 1. The van der Waals surface area contributed by atoms with Gasteiger partial charge in [0.1, 0.15) is 0 Å². The van der Waals surface area contributed by atoms with Crippen molar-refractivity contribution >= 4 is 17.5 Å². The summed E-state index contributed by atoms with van der Waals surface area (Å²) in [4.78, 5) is 28.4. The van der Waals surface area contributed by atoms with Gasteiger partial charge in [-0.15, -0.1) is 0 Å². The molecule has 7 heteroatoms. The van der Waals surface area contributed by atoms with Gasteiger partial charge in [0.15, 0.2) is 11.5 Å². The SMILES string of the molecule is CCN(C)CCNC(=O)C1CC(=O)N(c2ccc(OC)c(OC)c2)C1. The quantitative estimate of drug-likeness (QED) is 0.762. The van der Waals surface area contributed by atoms with Crippen LogP contribution in [0.3, 0.4) is 0 Å². The Balaban J connectivity index is 1.99. The second kappa shape index (κ2) is 8.71. The van der Waals surface area contributed by atoms with Crippen LogP contribution in [-0.2, 0) is 9.59 Å². The first-order valence-electron chi connectivity index (χ1n) is 8.48. The van der Waals surface area contributed by atoms with Crippen molar-refractivity contribution in [2.75, 3.05) is 52.3 Å². The minimum absolute atomic E-state index is 0.0574. The normalized spacial score (nSPS) is 17.1. The number of likely N-dealkylation sites (N-methyl/N-ethyl adjacent to an activating group) is 1. The minimum atomic E-state index is -0.326. The molecule has 2 rings (SSSR count). The van der Waals surface area contributed by atoms with Crippen molar-refractivity contribution in [2.24, 2.45) is 5.92 Å². The molecule has 1 heterocycles. The number of amides is 2. The minimum Gasteiger partial charge on any atom is -0.493 e. The predicted molar refractivity (Wildman–Crippen MR) is 96.2 cm³/mol. The molecule has 0 radical (unpaired) electrons. The molecule has 1 N–H and O–H groups in total. The fraction of sp³-hybridized carbons (Fsp3) is 0.556. The van der Waals surface area contributed by atoms with E-state index in [1.54, 1.807) is 37.3 Å². The molecule has 0 aliphatic carbocycles. The highest BCUT2D eigenvalue weighted by Gasteiger charge is 2.35. The average molecular weight is 349 g/mol. The molecule has 1 fully saturated rings. The second-order valence-corrected chi connectivity index (χ2v) is 6.13. The van der Waals surface area contributed by atoms with Gasteiger partial charge in [-0.1, -0.05) is 6.92 Å². The number of carbonyl (C=O) groups is 2. The van der Waals surface area contributed by atoms with Crippen LogP contribution in [-0.4, -0.2) is 64.2 Å². The Kier molecular flexibility index (Phi) is 6.64. The van der Waals surface area contributed by atoms with E-state index in [1.807, 2.05) is 7.05 Å². The third kappa shape index (κ3) is 4.63. The smallest absolute Gasteiger partial charge is 0.227 e. The van der Waals surface area contributed by atoms with E-state index in [1.165, 1.54) is 0 Å². The van der Waals surface area contributed by atoms with E-state index in [0.717, 1.165) is 13.1 Å². The number of benzene rings is 1. The van der Waals surface area contributed by atoms with Crippen LogP contribution in [0.1, 0.15) is 13.3 Å². The Bertz CT molecular complexity index is 620. The fourth-order valence-electron chi connectivity index (χ4n) is 2.80. The maximum Gasteiger partial charge on any atom is 0.227 e. The molecule has 1 aromatic rings. The van der Waals surface area contributed by atoms with Gasteiger partial charge in [0.2, 0.25) is 11.8 Å². The summed E-state index contributed by atoms with van der Waals surface area (Å²) in [5, 5.41) is 2.92. The summed E-state index contributed by atoms with van der Waals surface area (Å²) in [5.41, 5.74) is 0.712. The molecule has 0 saturated carbocycles. The molecule has 1 aromatic carbocycles. The summed E-state index contributed by atoms with van der Waals surface area (Å²) in [7, 11) is 5.12. The lowest BCUT2D eigenvalue weighted by Crippen LogP contribution is -2.37. The Hall–Kier alpha value is -2.28. The lowest BCUT2D eigenvalue weighted by molar-refractivity contribution is -0.126. The summed E-state index contributed by atoms with van der Waals surface area (Å²) in [6.45, 7) is 4.76. The van der Waals surface area contributed by atoms with Crippen molar-refractivity contribution < 1.29 is 19.1 Å². The van der Waals surface area contributed by atoms with Gasteiger partial charge in [0.25, 0.3) is 0 Å². The zero-order valence-electron chi connectivity index (χ0n) is 15.4. The van der Waals surface area contributed by atoms with Crippen LogP contribution in [0.4, 0.5) is 5.69 Å². The van der Waals surface area contributed by atoms with Crippen LogP contribution in [0.15, 0.2) is 18.2 Å². The van der Waals surface area contributed by atoms with Crippen LogP contribution in [0.2, 0.25) is 0 Å². The van der Waals surface area contributed by atoms with Crippen molar-refractivity contribution in [1.29, 1.82) is 0 Å². The molecule has 1 atom stereocenters. The van der Waals surface area contributed by atoms with Gasteiger partial charge in [0.05, 0.1) is 20.1 Å². The number of methoxy groups -OCH3 is 2. The van der Waals surface area contributed by atoms with E-state index >= 15 is 0 Å². The van der Waals surface area contributed by atoms with Crippen LogP contribution in [0.5, 0.6) is 11.5 Å². The lowest BCUT2D eigenvalue weighted by Gasteiger charge is -2.19. The van der Waals surface area contributed by atoms with E-state index in [0.29, 0.717) is 30.3 Å². The van der Waals surface area contributed by atoms with Crippen LogP contribution in [0, 0.1) is 5.92 Å². The Morgan fingerprint density at radius 2 is 2.04 bits per heavy atom. The fourth-order valence-corrected chi connectivity index (χ4v) is 2.80. The van der Waals surface area contributed by atoms with Crippen molar-refractivity contribution in [3.8, 4) is 11.5 Å². The van der Waals surface area contributed by atoms with E-state index in [4.69, 9.17) is 9.47 Å². The van der Waals surface area contributed by atoms with Crippen LogP contribution >= 0.6 is 0 Å². The molecule has 0 bridgehead atoms. The summed E-state index contributed by atoms with van der Waals surface area (Å²) in [5.74, 6) is 0.710. The monoisotopic (exact) mass is 349 g/mol. The molecule has 2 amide bonds. The van der Waals surface area contributed by atoms with Crippen LogP contribution in [0.25, 0.3) is 0 Å². The zero-order chi connectivity index (χ0) is 18.4. The first kappa shape index (κ1) is 19.1. The van der Waals surface area contributed by atoms with Crippen molar-refractivity contribution in [1.82, 2.24) is 10.2 Å². The maximum atomic E-state index is 12.3. The standard InChI is InChI=1S/C18H27N3O4/c1-5-20(2)9-8-19-18(23)13-10-17(22)21(12-13)14-6-7-15(24-3)16(11-14)25-4/h6-7,11,13H,5,8-10,12H2,1-4H3,(H,19,23). The summed E-state index contributed by atoms with van der Waals surface area (Å²) in [6.07, 6.45) is 0.226. The van der Waals surface area contributed by atoms with Crippen molar-refractivity contribution in [3.05, 3.63) is 18.2 Å². The first-order chi connectivity index (χ1) is 12.0. The topological polar surface area (TPSA) is 71.1 Å². The van der Waals surface area contributed by atoms with E-state index < -0.39 is 0 Å². The molecular formula is C18H27N3O4. The van der Waals surface area contributed by atoms with Crippen molar-refractivity contribution in [3.63, 3.8) is 0 Å². The summed E-state index contributed by atoms with van der Waals surface area (Å²) in [6, 6.07) is 5.32. The van der Waals surface area contributed by atoms with Gasteiger partial charge in [0, 0.05) is 37.8 Å². The molecule has 1 aliphatic heterocycles. The maximum absolute atomic E-state index is 12.3. The number of rotatable bonds is 8. The number of nitrogens with one attached hydrogen (secondary N) is 1. The summed E-state index contributed by atoms with van der Waals surface area (Å²) >= 11 is 0. The van der Waals surface area contributed by atoms with Gasteiger partial charge in [-0.3, -0.25) is 9.59 Å². The third-order valence-electron chi connectivity index (χ3n) is 4.51. The molecule has 138 valence electrons. The highest BCUT2D eigenvalue weighted by atomic mass is 16.5. The van der Waals surface area contributed by atoms with Gasteiger partial charge in [-0.2, -0.15) is 0 Å². The Morgan fingerprint density at radius 1 is 1.32 bits per heavy atom.